The highest BCUT2D eigenvalue weighted by Crippen LogP contribution is 2.21. The number of aromatic nitrogens is 2. The number of nitrogens with zero attached hydrogens (tertiary/aromatic N) is 2. The fourth-order valence-electron chi connectivity index (χ4n) is 4.18. The summed E-state index contributed by atoms with van der Waals surface area (Å²) in [6.45, 7) is -0.301. The van der Waals surface area contributed by atoms with Gasteiger partial charge in [0.1, 0.15) is 17.3 Å². The molecule has 8 nitrogen and oxygen atoms in total. The lowest BCUT2D eigenvalue weighted by molar-refractivity contribution is -0.123. The number of methoxy groups -OCH3 is 1. The number of carbonyl (C=O) groups is 2. The molecule has 1 aliphatic heterocycles. The van der Waals surface area contributed by atoms with E-state index in [0.29, 0.717) is 22.7 Å². The first kappa shape index (κ1) is 25.6. The Kier molecular flexibility index (Phi) is 6.80. The third-order valence-corrected chi connectivity index (χ3v) is 6.21. The summed E-state index contributed by atoms with van der Waals surface area (Å²) in [6, 6.07) is 14.7. The van der Waals surface area contributed by atoms with E-state index in [1.54, 1.807) is 36.4 Å². The molecule has 0 radical (unpaired) electrons. The van der Waals surface area contributed by atoms with E-state index in [1.807, 2.05) is 0 Å². The van der Waals surface area contributed by atoms with Crippen LogP contribution in [0.1, 0.15) is 22.4 Å². The van der Waals surface area contributed by atoms with Crippen molar-refractivity contribution in [1.29, 1.82) is 0 Å². The molecule has 1 aromatic heterocycles. The maximum absolute atomic E-state index is 13.6. The van der Waals surface area contributed by atoms with Crippen molar-refractivity contribution < 1.29 is 27.5 Å². The molecule has 0 aliphatic carbocycles. The highest BCUT2D eigenvalue weighted by Gasteiger charge is 2.34. The van der Waals surface area contributed by atoms with Crippen molar-refractivity contribution in [2.24, 2.45) is 0 Å². The molecular formula is C28H21F3N4O4. The lowest BCUT2D eigenvalue weighted by Gasteiger charge is -2.11. The van der Waals surface area contributed by atoms with Crippen molar-refractivity contribution in [1.82, 2.24) is 20.0 Å². The van der Waals surface area contributed by atoms with Gasteiger partial charge in [0.05, 0.1) is 24.9 Å². The third kappa shape index (κ3) is 5.19. The number of urea groups is 1. The Morgan fingerprint density at radius 3 is 2.23 bits per heavy atom. The maximum atomic E-state index is 13.6. The van der Waals surface area contributed by atoms with Crippen LogP contribution in [0.2, 0.25) is 0 Å². The number of H-pyrrole nitrogens is 1. The molecule has 5 rings (SSSR count). The van der Waals surface area contributed by atoms with Crippen LogP contribution in [0.5, 0.6) is 5.75 Å². The standard InChI is InChI=1S/C28H21F3N4O4/c1-39-20-9-7-19(8-10-20)35-26(36)21(24(33-35)13-16-2-5-18(29)6-3-16)14-25-27(37)34(28(38)32-25)15-17-4-11-22(30)23(31)12-17/h2-12,14,33H,13,15H2,1H3,(H,32,38)/b25-14-. The number of aromatic amines is 1. The number of halogens is 3. The lowest BCUT2D eigenvalue weighted by Crippen LogP contribution is -2.30. The molecule has 198 valence electrons. The van der Waals surface area contributed by atoms with Crippen LogP contribution in [0.15, 0.2) is 77.2 Å². The Hall–Kier alpha value is -5.06. The average molecular weight is 534 g/mol. The number of imide groups is 1. The van der Waals surface area contributed by atoms with Gasteiger partial charge in [0.15, 0.2) is 11.6 Å². The van der Waals surface area contributed by atoms with Gasteiger partial charge in [0.2, 0.25) is 0 Å². The summed E-state index contributed by atoms with van der Waals surface area (Å²) >= 11 is 0. The van der Waals surface area contributed by atoms with Crippen molar-refractivity contribution in [2.45, 2.75) is 13.0 Å². The molecule has 4 aromatic rings. The van der Waals surface area contributed by atoms with Gasteiger partial charge in [-0.3, -0.25) is 19.6 Å². The molecule has 1 fully saturated rings. The first-order valence-corrected chi connectivity index (χ1v) is 11.7. The lowest BCUT2D eigenvalue weighted by atomic mass is 10.1. The van der Waals surface area contributed by atoms with E-state index in [2.05, 4.69) is 10.4 Å². The van der Waals surface area contributed by atoms with E-state index >= 15 is 0 Å². The number of hydrogen-bond acceptors (Lipinski definition) is 4. The van der Waals surface area contributed by atoms with Gasteiger partial charge >= 0.3 is 6.03 Å². The first-order chi connectivity index (χ1) is 18.7. The van der Waals surface area contributed by atoms with Gasteiger partial charge in [-0.05, 0) is 65.7 Å². The summed E-state index contributed by atoms with van der Waals surface area (Å²) in [7, 11) is 1.52. The number of benzene rings is 3. The molecule has 2 N–H and O–H groups in total. The molecule has 0 atom stereocenters. The first-order valence-electron chi connectivity index (χ1n) is 11.7. The molecule has 11 heteroatoms. The smallest absolute Gasteiger partial charge is 0.329 e. The van der Waals surface area contributed by atoms with Crippen molar-refractivity contribution in [3.63, 3.8) is 0 Å². The molecule has 3 aromatic carbocycles. The van der Waals surface area contributed by atoms with Crippen molar-refractivity contribution in [3.05, 3.63) is 123 Å². The van der Waals surface area contributed by atoms with Crippen LogP contribution in [0.3, 0.4) is 0 Å². The second kappa shape index (κ2) is 10.4. The molecule has 0 saturated carbocycles. The van der Waals surface area contributed by atoms with Gasteiger partial charge in [-0.2, -0.15) is 0 Å². The van der Waals surface area contributed by atoms with Gasteiger partial charge in [0.25, 0.3) is 11.5 Å². The molecular weight excluding hydrogens is 513 g/mol. The fourth-order valence-corrected chi connectivity index (χ4v) is 4.18. The average Bonchev–Trinajstić information content (AvgIpc) is 3.37. The number of rotatable bonds is 7. The Labute approximate surface area is 219 Å². The molecule has 0 unspecified atom stereocenters. The van der Waals surface area contributed by atoms with Crippen LogP contribution < -0.4 is 15.6 Å². The third-order valence-electron chi connectivity index (χ3n) is 6.21. The Balaban J connectivity index is 1.52. The van der Waals surface area contributed by atoms with Crippen LogP contribution in [-0.2, 0) is 17.8 Å². The number of carbonyl (C=O) groups excluding carboxylic acids is 2. The Bertz CT molecular complexity index is 1660. The highest BCUT2D eigenvalue weighted by atomic mass is 19.2. The van der Waals surface area contributed by atoms with E-state index in [1.165, 1.54) is 36.1 Å². The second-order valence-corrected chi connectivity index (χ2v) is 8.77. The largest absolute Gasteiger partial charge is 0.497 e. The Morgan fingerprint density at radius 2 is 1.56 bits per heavy atom. The summed E-state index contributed by atoms with van der Waals surface area (Å²) in [4.78, 5) is 40.0. The minimum Gasteiger partial charge on any atom is -0.497 e. The molecule has 0 spiro atoms. The van der Waals surface area contributed by atoms with Gasteiger partial charge in [0, 0.05) is 12.1 Å². The molecule has 1 aliphatic rings. The van der Waals surface area contributed by atoms with Gasteiger partial charge < -0.3 is 10.1 Å². The van der Waals surface area contributed by atoms with Crippen LogP contribution in [0, 0.1) is 17.5 Å². The predicted octanol–water partition coefficient (Wildman–Crippen LogP) is 4.28. The molecule has 2 heterocycles. The fraction of sp³-hybridized carbons (Fsp3) is 0.107. The van der Waals surface area contributed by atoms with Crippen LogP contribution >= 0.6 is 0 Å². The SMILES string of the molecule is COc1ccc(-n2[nH]c(Cc3ccc(F)cc3)c(/C=C3\NC(=O)N(Cc4ccc(F)c(F)c4)C3=O)c2=O)cc1. The molecule has 3 amide bonds. The summed E-state index contributed by atoms with van der Waals surface area (Å²) < 4.78 is 46.8. The zero-order valence-electron chi connectivity index (χ0n) is 20.5. The number of amides is 3. The van der Waals surface area contributed by atoms with Gasteiger partial charge in [-0.1, -0.05) is 18.2 Å². The zero-order valence-corrected chi connectivity index (χ0v) is 20.5. The maximum Gasteiger partial charge on any atom is 0.329 e. The van der Waals surface area contributed by atoms with E-state index < -0.39 is 34.9 Å². The quantitative estimate of drug-likeness (QED) is 0.273. The summed E-state index contributed by atoms with van der Waals surface area (Å²) in [5.41, 5.74) is 1.25. The van der Waals surface area contributed by atoms with E-state index in [4.69, 9.17) is 4.74 Å². The van der Waals surface area contributed by atoms with E-state index in [0.717, 1.165) is 17.0 Å². The number of ether oxygens (including phenoxy) is 1. The molecule has 39 heavy (non-hydrogen) atoms. The van der Waals surface area contributed by atoms with E-state index in [-0.39, 0.29) is 29.8 Å². The summed E-state index contributed by atoms with van der Waals surface area (Å²) in [6.07, 6.45) is 1.46. The minimum atomic E-state index is -1.10. The second-order valence-electron chi connectivity index (χ2n) is 8.77. The molecule has 0 bridgehead atoms. The van der Waals surface area contributed by atoms with Crippen molar-refractivity contribution >= 4 is 18.0 Å². The summed E-state index contributed by atoms with van der Waals surface area (Å²) in [5, 5.41) is 5.48. The van der Waals surface area contributed by atoms with E-state index in [9.17, 15) is 27.6 Å². The van der Waals surface area contributed by atoms with Crippen molar-refractivity contribution in [3.8, 4) is 11.4 Å². The predicted molar refractivity (Wildman–Crippen MR) is 136 cm³/mol. The van der Waals surface area contributed by atoms with Crippen LogP contribution in [0.25, 0.3) is 11.8 Å². The van der Waals surface area contributed by atoms with Gasteiger partial charge in [-0.25, -0.2) is 22.6 Å². The van der Waals surface area contributed by atoms with Crippen LogP contribution in [-0.4, -0.2) is 33.7 Å². The Morgan fingerprint density at radius 1 is 0.872 bits per heavy atom. The number of nitrogens with one attached hydrogen (secondary N) is 2. The number of hydrogen-bond donors (Lipinski definition) is 2. The van der Waals surface area contributed by atoms with Crippen LogP contribution in [0.4, 0.5) is 18.0 Å². The minimum absolute atomic E-state index is 0.105. The van der Waals surface area contributed by atoms with Gasteiger partial charge in [-0.15, -0.1) is 0 Å². The topological polar surface area (TPSA) is 96.4 Å². The molecule has 1 saturated heterocycles. The monoisotopic (exact) mass is 534 g/mol. The normalized spacial score (nSPS) is 14.3. The zero-order chi connectivity index (χ0) is 27.7. The highest BCUT2D eigenvalue weighted by molar-refractivity contribution is 6.13. The summed E-state index contributed by atoms with van der Waals surface area (Å²) in [5.74, 6) is -2.72. The van der Waals surface area contributed by atoms with Crippen molar-refractivity contribution in [2.75, 3.05) is 7.11 Å².